The zero-order valence-corrected chi connectivity index (χ0v) is 21.7. The fourth-order valence-corrected chi connectivity index (χ4v) is 6.60. The van der Waals surface area contributed by atoms with E-state index in [2.05, 4.69) is 0 Å². The molecular weight excluding hydrogens is 444 g/mol. The number of ether oxygens (including phenoxy) is 2. The summed E-state index contributed by atoms with van der Waals surface area (Å²) in [6.45, 7) is 8.17. The van der Waals surface area contributed by atoms with Crippen molar-refractivity contribution in [3.63, 3.8) is 0 Å². The summed E-state index contributed by atoms with van der Waals surface area (Å²) in [6.07, 6.45) is 7.85. The molecule has 0 spiro atoms. The number of piperazine rings is 1. The number of carbonyl (C=O) groups excluding carboxylic acids is 2. The molecule has 3 rings (SSSR count). The Hall–Kier alpha value is -1.35. The molecule has 0 aromatic heterocycles. The van der Waals surface area contributed by atoms with Gasteiger partial charge in [0.15, 0.2) is 0 Å². The van der Waals surface area contributed by atoms with E-state index >= 15 is 0 Å². The third kappa shape index (κ3) is 6.84. The molecular formula is C24H42N2O6S. The van der Waals surface area contributed by atoms with E-state index < -0.39 is 9.84 Å². The summed E-state index contributed by atoms with van der Waals surface area (Å²) in [5.41, 5.74) is 0. The first kappa shape index (κ1) is 26.3. The number of nitrogens with zero attached hydrogens (tertiary/aromatic N) is 2. The summed E-state index contributed by atoms with van der Waals surface area (Å²) in [5.74, 6) is 1.25. The van der Waals surface area contributed by atoms with E-state index in [-0.39, 0.29) is 54.7 Å². The number of sulfone groups is 1. The van der Waals surface area contributed by atoms with E-state index in [4.69, 9.17) is 9.47 Å². The van der Waals surface area contributed by atoms with E-state index in [0.717, 1.165) is 44.9 Å². The molecule has 0 N–H and O–H groups in total. The summed E-state index contributed by atoms with van der Waals surface area (Å²) in [6, 6.07) is 0.0382. The van der Waals surface area contributed by atoms with Gasteiger partial charge >= 0.3 is 6.09 Å². The van der Waals surface area contributed by atoms with E-state index in [0.29, 0.717) is 18.4 Å². The minimum atomic E-state index is -2.99. The van der Waals surface area contributed by atoms with Crippen molar-refractivity contribution >= 4 is 21.8 Å². The van der Waals surface area contributed by atoms with Gasteiger partial charge in [0, 0.05) is 25.8 Å². The van der Waals surface area contributed by atoms with E-state index in [1.54, 1.807) is 6.92 Å². The van der Waals surface area contributed by atoms with Crippen LogP contribution in [0.2, 0.25) is 0 Å². The largest absolute Gasteiger partial charge is 0.447 e. The molecule has 1 aliphatic heterocycles. The van der Waals surface area contributed by atoms with Gasteiger partial charge in [-0.1, -0.05) is 0 Å². The number of rotatable bonds is 6. The van der Waals surface area contributed by atoms with Crippen LogP contribution in [0.4, 0.5) is 4.79 Å². The molecule has 0 aromatic rings. The SMILES string of the molecule is CC(=O)N1C2CCC(C3CCC(OCCS(C)(=O)=O)CC3)CC2N(C(=O)OC(C)C)C[C@@H]1C. The average molecular weight is 487 g/mol. The van der Waals surface area contributed by atoms with Gasteiger partial charge in [-0.3, -0.25) is 4.79 Å². The Morgan fingerprint density at radius 1 is 1.00 bits per heavy atom. The quantitative estimate of drug-likeness (QED) is 0.572. The Bertz CT molecular complexity index is 793. The molecule has 33 heavy (non-hydrogen) atoms. The first-order chi connectivity index (χ1) is 15.5. The summed E-state index contributed by atoms with van der Waals surface area (Å²) in [5, 5.41) is 0. The average Bonchev–Trinajstić information content (AvgIpc) is 2.71. The normalized spacial score (nSPS) is 33.0. The first-order valence-electron chi connectivity index (χ1n) is 12.5. The maximum atomic E-state index is 12.9. The molecule has 4 atom stereocenters. The van der Waals surface area contributed by atoms with Crippen molar-refractivity contribution in [2.75, 3.05) is 25.2 Å². The highest BCUT2D eigenvalue weighted by Gasteiger charge is 2.48. The van der Waals surface area contributed by atoms with Crippen molar-refractivity contribution in [2.24, 2.45) is 11.8 Å². The second kappa shape index (κ2) is 10.9. The van der Waals surface area contributed by atoms with Crippen molar-refractivity contribution in [1.82, 2.24) is 9.80 Å². The molecule has 3 fully saturated rings. The molecule has 3 unspecified atom stereocenters. The minimum Gasteiger partial charge on any atom is -0.447 e. The van der Waals surface area contributed by atoms with Gasteiger partial charge in [0.25, 0.3) is 0 Å². The van der Waals surface area contributed by atoms with Crippen LogP contribution in [0.15, 0.2) is 0 Å². The molecule has 0 bridgehead atoms. The van der Waals surface area contributed by atoms with Crippen molar-refractivity contribution < 1.29 is 27.5 Å². The Morgan fingerprint density at radius 3 is 2.21 bits per heavy atom. The molecule has 1 saturated heterocycles. The topological polar surface area (TPSA) is 93.2 Å². The Morgan fingerprint density at radius 2 is 1.64 bits per heavy atom. The number of hydrogen-bond acceptors (Lipinski definition) is 6. The third-order valence-corrected chi connectivity index (χ3v) is 8.55. The van der Waals surface area contributed by atoms with Crippen LogP contribution in [0.1, 0.15) is 72.6 Å². The lowest BCUT2D eigenvalue weighted by molar-refractivity contribution is -0.143. The van der Waals surface area contributed by atoms with Crippen LogP contribution < -0.4 is 0 Å². The number of hydrogen-bond donors (Lipinski definition) is 0. The lowest BCUT2D eigenvalue weighted by Crippen LogP contribution is -2.67. The maximum Gasteiger partial charge on any atom is 0.410 e. The third-order valence-electron chi connectivity index (χ3n) is 7.64. The molecule has 2 saturated carbocycles. The Kier molecular flexibility index (Phi) is 8.70. The van der Waals surface area contributed by atoms with Crippen molar-refractivity contribution in [3.8, 4) is 0 Å². The van der Waals surface area contributed by atoms with Crippen LogP contribution in [-0.4, -0.2) is 85.7 Å². The Labute approximate surface area is 199 Å². The number of amides is 2. The lowest BCUT2D eigenvalue weighted by atomic mass is 9.69. The van der Waals surface area contributed by atoms with E-state index in [1.165, 1.54) is 6.26 Å². The predicted molar refractivity (Wildman–Crippen MR) is 127 cm³/mol. The van der Waals surface area contributed by atoms with Crippen LogP contribution in [0.3, 0.4) is 0 Å². The van der Waals surface area contributed by atoms with Crippen molar-refractivity contribution in [1.29, 1.82) is 0 Å². The van der Waals surface area contributed by atoms with Gasteiger partial charge in [-0.2, -0.15) is 0 Å². The second-order valence-electron chi connectivity index (χ2n) is 10.6. The Balaban J connectivity index is 1.62. The summed E-state index contributed by atoms with van der Waals surface area (Å²) in [4.78, 5) is 29.2. The van der Waals surface area contributed by atoms with E-state index in [1.807, 2.05) is 30.6 Å². The van der Waals surface area contributed by atoms with Crippen LogP contribution in [0.5, 0.6) is 0 Å². The fourth-order valence-electron chi connectivity index (χ4n) is 6.20. The molecule has 2 aliphatic carbocycles. The highest BCUT2D eigenvalue weighted by Crippen LogP contribution is 2.43. The zero-order valence-electron chi connectivity index (χ0n) is 20.9. The van der Waals surface area contributed by atoms with Gasteiger partial charge in [-0.05, 0) is 77.6 Å². The first-order valence-corrected chi connectivity index (χ1v) is 14.6. The molecule has 0 aromatic carbocycles. The highest BCUT2D eigenvalue weighted by atomic mass is 32.2. The summed E-state index contributed by atoms with van der Waals surface area (Å²) in [7, 11) is -2.99. The smallest absolute Gasteiger partial charge is 0.410 e. The molecule has 8 nitrogen and oxygen atoms in total. The fraction of sp³-hybridized carbons (Fsp3) is 0.917. The van der Waals surface area contributed by atoms with Gasteiger partial charge in [0.1, 0.15) is 9.84 Å². The molecule has 0 radical (unpaired) electrons. The highest BCUT2D eigenvalue weighted by molar-refractivity contribution is 7.90. The summed E-state index contributed by atoms with van der Waals surface area (Å²) < 4.78 is 34.0. The van der Waals surface area contributed by atoms with Gasteiger partial charge in [0.2, 0.25) is 5.91 Å². The molecule has 9 heteroatoms. The zero-order chi connectivity index (χ0) is 24.3. The van der Waals surface area contributed by atoms with Crippen LogP contribution in [-0.2, 0) is 24.1 Å². The van der Waals surface area contributed by atoms with Crippen LogP contribution in [0.25, 0.3) is 0 Å². The van der Waals surface area contributed by atoms with Gasteiger partial charge in [-0.25, -0.2) is 13.2 Å². The standard InChI is InChI=1S/C24H42N2O6S/c1-16(2)32-24(28)25-15-17(3)26(18(4)27)22-11-8-20(14-23(22)25)19-6-9-21(10-7-19)31-12-13-33(5,29)30/h16-17,19-23H,6-15H2,1-5H3/t17-,19?,20?,21?,22?,23?/m0/s1. The minimum absolute atomic E-state index is 0.00108. The predicted octanol–water partition coefficient (Wildman–Crippen LogP) is 3.24. The number of carbonyl (C=O) groups is 2. The van der Waals surface area contributed by atoms with Crippen LogP contribution >= 0.6 is 0 Å². The van der Waals surface area contributed by atoms with Crippen LogP contribution in [0, 0.1) is 11.8 Å². The molecule has 3 aliphatic rings. The number of fused-ring (bicyclic) bond motifs is 1. The maximum absolute atomic E-state index is 12.9. The van der Waals surface area contributed by atoms with E-state index in [9.17, 15) is 18.0 Å². The van der Waals surface area contributed by atoms with Gasteiger partial charge in [-0.15, -0.1) is 0 Å². The molecule has 190 valence electrons. The second-order valence-corrected chi connectivity index (χ2v) is 12.9. The monoisotopic (exact) mass is 486 g/mol. The van der Waals surface area contributed by atoms with Gasteiger partial charge in [0.05, 0.1) is 36.7 Å². The summed E-state index contributed by atoms with van der Waals surface area (Å²) >= 11 is 0. The molecule has 1 heterocycles. The van der Waals surface area contributed by atoms with Crippen molar-refractivity contribution in [2.45, 2.75) is 103 Å². The molecule has 2 amide bonds. The van der Waals surface area contributed by atoms with Gasteiger partial charge < -0.3 is 19.3 Å². The lowest BCUT2D eigenvalue weighted by Gasteiger charge is -2.54. The van der Waals surface area contributed by atoms with Crippen molar-refractivity contribution in [3.05, 3.63) is 0 Å².